The first-order valence-electron chi connectivity index (χ1n) is 4.69. The number of halogens is 1. The molecule has 0 spiro atoms. The molecule has 0 heterocycles. The topological polar surface area (TPSA) is 85.6 Å². The van der Waals surface area contributed by atoms with Crippen LogP contribution < -0.4 is 5.32 Å². The number of hydrogen-bond donors (Lipinski definition) is 1. The van der Waals surface area contributed by atoms with E-state index in [1.54, 1.807) is 24.3 Å². The van der Waals surface area contributed by atoms with E-state index in [4.69, 9.17) is 16.9 Å². The van der Waals surface area contributed by atoms with Gasteiger partial charge in [-0.05, 0) is 12.1 Å². The number of para-hydroxylation sites is 1. The summed E-state index contributed by atoms with van der Waals surface area (Å²) in [7, 11) is 0. The first kappa shape index (κ1) is 12.9. The molecule has 88 valence electrons. The molecule has 0 unspecified atom stereocenters. The molecule has 0 radical (unpaired) electrons. The molecule has 1 rings (SSSR count). The highest BCUT2D eigenvalue weighted by atomic mass is 35.5. The summed E-state index contributed by atoms with van der Waals surface area (Å²) in [6.45, 7) is 0.00556. The van der Waals surface area contributed by atoms with Crippen LogP contribution in [0.4, 0.5) is 10.5 Å². The molecule has 0 aromatic heterocycles. The molecule has 0 saturated heterocycles. The highest BCUT2D eigenvalue weighted by Gasteiger charge is 2.14. The van der Waals surface area contributed by atoms with E-state index in [-0.39, 0.29) is 12.4 Å². The molecule has 0 fully saturated rings. The summed E-state index contributed by atoms with van der Waals surface area (Å²) in [5, 5.41) is 14.4. The van der Waals surface area contributed by atoms with E-state index in [2.05, 4.69) is 10.6 Å². The molecular weight excluding hydrogens is 244 g/mol. The summed E-state index contributed by atoms with van der Waals surface area (Å²) in [5.74, 6) is 0.0963. The summed E-state index contributed by atoms with van der Waals surface area (Å²) in [4.78, 5) is 21.9. The van der Waals surface area contributed by atoms with Crippen LogP contribution in [-0.2, 0) is 0 Å². The van der Waals surface area contributed by atoms with E-state index in [0.29, 0.717) is 16.3 Å². The molecule has 0 aliphatic heterocycles. The van der Waals surface area contributed by atoms with Crippen LogP contribution >= 0.6 is 11.6 Å². The van der Waals surface area contributed by atoms with Crippen LogP contribution in [0, 0.1) is 16.2 Å². The van der Waals surface area contributed by atoms with Gasteiger partial charge in [-0.15, -0.1) is 16.5 Å². The lowest BCUT2D eigenvalue weighted by Gasteiger charge is -2.13. The molecule has 17 heavy (non-hydrogen) atoms. The summed E-state index contributed by atoms with van der Waals surface area (Å²) in [6, 6.07) is 7.64. The van der Waals surface area contributed by atoms with Crippen molar-refractivity contribution in [2.45, 2.75) is 0 Å². The van der Waals surface area contributed by atoms with E-state index >= 15 is 0 Å². The minimum atomic E-state index is -0.719. The number of hydrogen-bond acceptors (Lipinski definition) is 4. The number of rotatable bonds is 4. The van der Waals surface area contributed by atoms with Gasteiger partial charge in [-0.1, -0.05) is 12.1 Å². The maximum absolute atomic E-state index is 11.6. The van der Waals surface area contributed by atoms with E-state index in [9.17, 15) is 9.70 Å². The van der Waals surface area contributed by atoms with Crippen molar-refractivity contribution in [3.05, 3.63) is 34.7 Å². The molecule has 0 aliphatic carbocycles. The molecule has 0 bridgehead atoms. The van der Waals surface area contributed by atoms with E-state index in [0.717, 1.165) is 0 Å². The lowest BCUT2D eigenvalue weighted by atomic mass is 10.2. The highest BCUT2D eigenvalue weighted by Crippen LogP contribution is 2.14. The molecule has 0 atom stereocenters. The Hall–Kier alpha value is -2.13. The van der Waals surface area contributed by atoms with Crippen LogP contribution in [-0.4, -0.2) is 23.5 Å². The van der Waals surface area contributed by atoms with Crippen molar-refractivity contribution in [2.24, 2.45) is 5.29 Å². The minimum Gasteiger partial charge on any atom is -0.305 e. The Morgan fingerprint density at radius 1 is 1.53 bits per heavy atom. The first-order chi connectivity index (χ1) is 8.22. The number of nitrogens with one attached hydrogen (secondary N) is 1. The fourth-order valence-electron chi connectivity index (χ4n) is 1.13. The molecule has 0 saturated carbocycles. The van der Waals surface area contributed by atoms with Gasteiger partial charge < -0.3 is 5.32 Å². The van der Waals surface area contributed by atoms with Crippen molar-refractivity contribution >= 4 is 23.3 Å². The van der Waals surface area contributed by atoms with Gasteiger partial charge in [-0.2, -0.15) is 10.3 Å². The van der Waals surface area contributed by atoms with Gasteiger partial charge in [-0.3, -0.25) is 0 Å². The van der Waals surface area contributed by atoms with Crippen LogP contribution in [0.15, 0.2) is 29.6 Å². The van der Waals surface area contributed by atoms with Gasteiger partial charge in [-0.25, -0.2) is 4.79 Å². The fraction of sp³-hybridized carbons (Fsp3) is 0.200. The van der Waals surface area contributed by atoms with Crippen LogP contribution in [0.5, 0.6) is 0 Å². The molecular formula is C10H9ClN4O2. The largest absolute Gasteiger partial charge is 0.344 e. The lowest BCUT2D eigenvalue weighted by Crippen LogP contribution is -2.31. The average molecular weight is 253 g/mol. The molecule has 1 N–H and O–H groups in total. The predicted octanol–water partition coefficient (Wildman–Crippen LogP) is 2.31. The second-order valence-corrected chi connectivity index (χ2v) is 3.36. The SMILES string of the molecule is N#Cc1ccccc1NC(=O)N(CCCl)N=O. The molecule has 0 aliphatic rings. The van der Waals surface area contributed by atoms with Crippen LogP contribution in [0.25, 0.3) is 0 Å². The smallest absolute Gasteiger partial charge is 0.305 e. The maximum atomic E-state index is 11.6. The van der Waals surface area contributed by atoms with Gasteiger partial charge in [0, 0.05) is 5.88 Å². The Kier molecular flexibility index (Phi) is 4.91. The van der Waals surface area contributed by atoms with Gasteiger partial charge in [0.05, 0.1) is 23.1 Å². The third-order valence-corrected chi connectivity index (χ3v) is 2.09. The number of benzene rings is 1. The third kappa shape index (κ3) is 3.43. The van der Waals surface area contributed by atoms with Crippen LogP contribution in [0.1, 0.15) is 5.56 Å². The summed E-state index contributed by atoms with van der Waals surface area (Å²) in [5.41, 5.74) is 0.626. The number of amides is 2. The zero-order valence-corrected chi connectivity index (χ0v) is 9.52. The Balaban J connectivity index is 2.80. The number of nitrogens with zero attached hydrogens (tertiary/aromatic N) is 3. The summed E-state index contributed by atoms with van der Waals surface area (Å²) in [6.07, 6.45) is 0. The lowest BCUT2D eigenvalue weighted by molar-refractivity contribution is 0.216. The third-order valence-electron chi connectivity index (χ3n) is 1.92. The van der Waals surface area contributed by atoms with Crippen molar-refractivity contribution in [3.63, 3.8) is 0 Å². The maximum Gasteiger partial charge on any atom is 0.344 e. The highest BCUT2D eigenvalue weighted by molar-refractivity contribution is 6.18. The van der Waals surface area contributed by atoms with E-state index in [1.807, 2.05) is 6.07 Å². The number of alkyl halides is 1. The number of anilines is 1. The fourth-order valence-corrected chi connectivity index (χ4v) is 1.29. The number of nitroso groups, excluding NO2 is 1. The van der Waals surface area contributed by atoms with E-state index < -0.39 is 6.03 Å². The van der Waals surface area contributed by atoms with Crippen molar-refractivity contribution in [1.82, 2.24) is 5.01 Å². The summed E-state index contributed by atoms with van der Waals surface area (Å²) >= 11 is 5.41. The first-order valence-corrected chi connectivity index (χ1v) is 5.23. The van der Waals surface area contributed by atoms with Crippen molar-refractivity contribution in [3.8, 4) is 6.07 Å². The number of urea groups is 1. The molecule has 7 heteroatoms. The average Bonchev–Trinajstić information content (AvgIpc) is 2.36. The minimum absolute atomic E-state index is 0.00556. The zero-order chi connectivity index (χ0) is 12.7. The second kappa shape index (κ2) is 6.45. The van der Waals surface area contributed by atoms with Gasteiger partial charge >= 0.3 is 6.03 Å². The van der Waals surface area contributed by atoms with Crippen molar-refractivity contribution < 1.29 is 4.79 Å². The molecule has 1 aromatic carbocycles. The van der Waals surface area contributed by atoms with Gasteiger partial charge in [0.25, 0.3) is 0 Å². The number of nitriles is 1. The second-order valence-electron chi connectivity index (χ2n) is 2.98. The van der Waals surface area contributed by atoms with Gasteiger partial charge in [0.15, 0.2) is 0 Å². The standard InChI is InChI=1S/C10H9ClN4O2/c11-5-6-15(14-17)10(16)13-9-4-2-1-3-8(9)7-12/h1-4H,5-6H2,(H,13,16). The Labute approximate surface area is 103 Å². The quantitative estimate of drug-likeness (QED) is 0.507. The Bertz CT molecular complexity index is 458. The molecule has 2 amide bonds. The number of carbonyl (C=O) groups excluding carboxylic acids is 1. The van der Waals surface area contributed by atoms with Gasteiger partial charge in [0.2, 0.25) is 0 Å². The normalized spacial score (nSPS) is 9.18. The van der Waals surface area contributed by atoms with Crippen molar-refractivity contribution in [2.75, 3.05) is 17.7 Å². The zero-order valence-electron chi connectivity index (χ0n) is 8.76. The Morgan fingerprint density at radius 2 is 2.24 bits per heavy atom. The molecule has 6 nitrogen and oxygen atoms in total. The molecule has 1 aromatic rings. The number of carbonyl (C=O) groups is 1. The monoisotopic (exact) mass is 252 g/mol. The van der Waals surface area contributed by atoms with Crippen molar-refractivity contribution in [1.29, 1.82) is 5.26 Å². The Morgan fingerprint density at radius 3 is 2.82 bits per heavy atom. The summed E-state index contributed by atoms with van der Waals surface area (Å²) < 4.78 is 0. The van der Waals surface area contributed by atoms with Crippen LogP contribution in [0.2, 0.25) is 0 Å². The van der Waals surface area contributed by atoms with Gasteiger partial charge in [0.1, 0.15) is 6.07 Å². The van der Waals surface area contributed by atoms with E-state index in [1.165, 1.54) is 0 Å². The van der Waals surface area contributed by atoms with Crippen LogP contribution in [0.3, 0.4) is 0 Å². The predicted molar refractivity (Wildman–Crippen MR) is 63.4 cm³/mol.